The van der Waals surface area contributed by atoms with Crippen molar-refractivity contribution in [3.8, 4) is 0 Å². The lowest BCUT2D eigenvalue weighted by Gasteiger charge is -2.12. The molecular weight excluding hydrogens is 294 g/mol. The van der Waals surface area contributed by atoms with Gasteiger partial charge >= 0.3 is 0 Å². The van der Waals surface area contributed by atoms with Gasteiger partial charge in [-0.15, -0.1) is 0 Å². The summed E-state index contributed by atoms with van der Waals surface area (Å²) >= 11 is 0. The molecule has 2 aromatic rings. The van der Waals surface area contributed by atoms with E-state index in [1.54, 1.807) is 0 Å². The lowest BCUT2D eigenvalue weighted by molar-refractivity contribution is -0.123. The second kappa shape index (κ2) is 5.83. The van der Waals surface area contributed by atoms with Crippen molar-refractivity contribution in [2.24, 2.45) is 0 Å². The van der Waals surface area contributed by atoms with Gasteiger partial charge in [0.25, 0.3) is 5.91 Å². The first-order valence-electron chi connectivity index (χ1n) is 7.61. The highest BCUT2D eigenvalue weighted by Crippen LogP contribution is 2.26. The quantitative estimate of drug-likeness (QED) is 0.903. The number of amides is 2. The summed E-state index contributed by atoms with van der Waals surface area (Å²) in [5, 5.41) is 9.81. The zero-order valence-electron chi connectivity index (χ0n) is 13.4. The molecule has 0 radical (unpaired) electrons. The number of nitrogens with zero attached hydrogens (tertiary/aromatic N) is 3. The number of aromatic nitrogens is 3. The Hall–Kier alpha value is -2.70. The highest BCUT2D eigenvalue weighted by atomic mass is 16.2. The summed E-state index contributed by atoms with van der Waals surface area (Å²) in [6.07, 6.45) is 0.704. The topological polar surface area (TPSA) is 88.9 Å². The average molecular weight is 313 g/mol. The van der Waals surface area contributed by atoms with Crippen LogP contribution in [0.5, 0.6) is 0 Å². The van der Waals surface area contributed by atoms with Crippen LogP contribution in [0.2, 0.25) is 0 Å². The Morgan fingerprint density at radius 3 is 2.91 bits per heavy atom. The third-order valence-corrected chi connectivity index (χ3v) is 3.87. The summed E-state index contributed by atoms with van der Waals surface area (Å²) in [7, 11) is 0. The predicted octanol–water partition coefficient (Wildman–Crippen LogP) is 1.98. The molecular formula is C16H19N5O2. The molecule has 0 spiro atoms. The molecule has 1 aliphatic heterocycles. The van der Waals surface area contributed by atoms with Gasteiger partial charge in [-0.25, -0.2) is 4.68 Å². The standard InChI is InChI=1S/C16H19N5O2/c1-4-13-18-16-19-15(23)12(21(16)20-13)8-14(22)17-11-7-9(2)5-6-10(11)3/h5-7,12H,4,8H2,1-3H3,(H,17,22)(H,18,19,20,23)/t12-/m1/s1. The molecule has 0 unspecified atom stereocenters. The first kappa shape index (κ1) is 15.2. The van der Waals surface area contributed by atoms with Gasteiger partial charge in [-0.1, -0.05) is 19.1 Å². The predicted molar refractivity (Wildman–Crippen MR) is 86.2 cm³/mol. The van der Waals surface area contributed by atoms with Crippen LogP contribution in [-0.4, -0.2) is 26.6 Å². The largest absolute Gasteiger partial charge is 0.326 e. The monoisotopic (exact) mass is 313 g/mol. The maximum Gasteiger partial charge on any atom is 0.252 e. The molecule has 23 heavy (non-hydrogen) atoms. The van der Waals surface area contributed by atoms with Crippen molar-refractivity contribution < 1.29 is 9.59 Å². The number of hydrogen-bond acceptors (Lipinski definition) is 4. The van der Waals surface area contributed by atoms with Crippen molar-refractivity contribution in [2.45, 2.75) is 39.7 Å². The van der Waals surface area contributed by atoms with Gasteiger partial charge in [0.2, 0.25) is 11.9 Å². The van der Waals surface area contributed by atoms with Crippen LogP contribution in [0.3, 0.4) is 0 Å². The molecule has 2 heterocycles. The fraction of sp³-hybridized carbons (Fsp3) is 0.375. The molecule has 0 fully saturated rings. The molecule has 1 atom stereocenters. The summed E-state index contributed by atoms with van der Waals surface area (Å²) in [4.78, 5) is 28.5. The van der Waals surface area contributed by atoms with Crippen molar-refractivity contribution in [2.75, 3.05) is 10.6 Å². The fourth-order valence-electron chi connectivity index (χ4n) is 2.55. The molecule has 7 nitrogen and oxygen atoms in total. The second-order valence-corrected chi connectivity index (χ2v) is 5.73. The number of nitrogens with one attached hydrogen (secondary N) is 2. The Morgan fingerprint density at radius 1 is 1.39 bits per heavy atom. The first-order chi connectivity index (χ1) is 11.0. The summed E-state index contributed by atoms with van der Waals surface area (Å²) in [6.45, 7) is 5.84. The first-order valence-corrected chi connectivity index (χ1v) is 7.61. The number of carbonyl (C=O) groups excluding carboxylic acids is 2. The second-order valence-electron chi connectivity index (χ2n) is 5.73. The van der Waals surface area contributed by atoms with Crippen LogP contribution in [0.1, 0.15) is 36.3 Å². The Bertz CT molecular complexity index is 781. The highest BCUT2D eigenvalue weighted by Gasteiger charge is 2.34. The van der Waals surface area contributed by atoms with Crippen LogP contribution in [0.15, 0.2) is 18.2 Å². The minimum absolute atomic E-state index is 0.0265. The van der Waals surface area contributed by atoms with Crippen molar-refractivity contribution >= 4 is 23.5 Å². The van der Waals surface area contributed by atoms with E-state index in [1.165, 1.54) is 4.68 Å². The van der Waals surface area contributed by atoms with E-state index >= 15 is 0 Å². The van der Waals surface area contributed by atoms with E-state index in [4.69, 9.17) is 0 Å². The van der Waals surface area contributed by atoms with Gasteiger partial charge in [0.1, 0.15) is 6.04 Å². The van der Waals surface area contributed by atoms with Crippen molar-refractivity contribution in [3.05, 3.63) is 35.2 Å². The van der Waals surface area contributed by atoms with Gasteiger partial charge < -0.3 is 5.32 Å². The van der Waals surface area contributed by atoms with Crippen LogP contribution in [0.4, 0.5) is 11.6 Å². The summed E-state index contributed by atoms with van der Waals surface area (Å²) in [5.41, 5.74) is 2.81. The molecule has 0 aliphatic carbocycles. The van der Waals surface area contributed by atoms with Gasteiger partial charge in [0.05, 0.1) is 6.42 Å². The van der Waals surface area contributed by atoms with Crippen LogP contribution in [0, 0.1) is 13.8 Å². The molecule has 1 aliphatic rings. The van der Waals surface area contributed by atoms with E-state index in [9.17, 15) is 9.59 Å². The Kier molecular flexibility index (Phi) is 3.85. The van der Waals surface area contributed by atoms with Crippen LogP contribution < -0.4 is 10.6 Å². The smallest absolute Gasteiger partial charge is 0.252 e. The van der Waals surface area contributed by atoms with E-state index in [2.05, 4.69) is 20.7 Å². The SMILES string of the molecule is CCc1nc2n(n1)[C@H](CC(=O)Nc1cc(C)ccc1C)C(=O)N2. The van der Waals surface area contributed by atoms with E-state index in [0.29, 0.717) is 18.2 Å². The summed E-state index contributed by atoms with van der Waals surface area (Å²) in [6, 6.07) is 5.21. The minimum Gasteiger partial charge on any atom is -0.326 e. The number of rotatable bonds is 4. The molecule has 3 rings (SSSR count). The van der Waals surface area contributed by atoms with Gasteiger partial charge in [-0.2, -0.15) is 10.1 Å². The third-order valence-electron chi connectivity index (χ3n) is 3.87. The van der Waals surface area contributed by atoms with Crippen molar-refractivity contribution in [1.82, 2.24) is 14.8 Å². The Morgan fingerprint density at radius 2 is 2.17 bits per heavy atom. The number of anilines is 2. The van der Waals surface area contributed by atoms with Crippen molar-refractivity contribution in [1.29, 1.82) is 0 Å². The molecule has 1 aromatic heterocycles. The zero-order chi connectivity index (χ0) is 16.6. The van der Waals surface area contributed by atoms with Crippen LogP contribution in [0.25, 0.3) is 0 Å². The number of hydrogen-bond donors (Lipinski definition) is 2. The van der Waals surface area contributed by atoms with E-state index in [1.807, 2.05) is 39.0 Å². The third kappa shape index (κ3) is 2.94. The molecule has 0 saturated carbocycles. The number of benzene rings is 1. The molecule has 2 N–H and O–H groups in total. The van der Waals surface area contributed by atoms with Gasteiger partial charge in [-0.3, -0.25) is 14.9 Å². The Labute approximate surface area is 134 Å². The molecule has 7 heteroatoms. The van der Waals surface area contributed by atoms with Crippen molar-refractivity contribution in [3.63, 3.8) is 0 Å². The van der Waals surface area contributed by atoms with Gasteiger partial charge in [0, 0.05) is 12.1 Å². The Balaban J connectivity index is 1.74. The lowest BCUT2D eigenvalue weighted by atomic mass is 10.1. The zero-order valence-corrected chi connectivity index (χ0v) is 13.4. The van der Waals surface area contributed by atoms with Crippen LogP contribution in [-0.2, 0) is 16.0 Å². The maximum atomic E-state index is 12.3. The van der Waals surface area contributed by atoms with E-state index < -0.39 is 6.04 Å². The van der Waals surface area contributed by atoms with Gasteiger partial charge in [-0.05, 0) is 31.0 Å². The molecule has 0 bridgehead atoms. The molecule has 0 saturated heterocycles. The van der Waals surface area contributed by atoms with E-state index in [-0.39, 0.29) is 18.2 Å². The van der Waals surface area contributed by atoms with E-state index in [0.717, 1.165) is 16.8 Å². The number of carbonyl (C=O) groups is 2. The van der Waals surface area contributed by atoms with Gasteiger partial charge in [0.15, 0.2) is 5.82 Å². The lowest BCUT2D eigenvalue weighted by Crippen LogP contribution is -2.24. The van der Waals surface area contributed by atoms with Crippen LogP contribution >= 0.6 is 0 Å². The molecule has 120 valence electrons. The summed E-state index contributed by atoms with van der Waals surface area (Å²) in [5.74, 6) is 0.593. The molecule has 2 amide bonds. The maximum absolute atomic E-state index is 12.3. The molecule has 1 aromatic carbocycles. The highest BCUT2D eigenvalue weighted by molar-refractivity contribution is 6.01. The normalized spacial score (nSPS) is 16.1. The minimum atomic E-state index is -0.650. The fourth-order valence-corrected chi connectivity index (χ4v) is 2.55. The number of fused-ring (bicyclic) bond motifs is 1. The summed E-state index contributed by atoms with van der Waals surface area (Å²) < 4.78 is 1.50. The number of aryl methyl sites for hydroxylation is 3. The average Bonchev–Trinajstić information content (AvgIpc) is 3.02.